The molecule has 0 fully saturated rings. The molecule has 0 saturated carbocycles. The van der Waals surface area contributed by atoms with Gasteiger partial charge in [-0.25, -0.2) is 0 Å². The van der Waals surface area contributed by atoms with Gasteiger partial charge in [0, 0.05) is 0 Å². The Labute approximate surface area is 160 Å². The summed E-state index contributed by atoms with van der Waals surface area (Å²) >= 11 is 2.27. The summed E-state index contributed by atoms with van der Waals surface area (Å²) < 4.78 is 1.37. The molecule has 0 bridgehead atoms. The van der Waals surface area contributed by atoms with Crippen LogP contribution in [0.4, 0.5) is 0 Å². The summed E-state index contributed by atoms with van der Waals surface area (Å²) in [5, 5.41) is 0. The Bertz CT molecular complexity index is 842. The van der Waals surface area contributed by atoms with E-state index >= 15 is 0 Å². The molecule has 0 amide bonds. The Hall–Kier alpha value is -1.80. The standard InChI is InChI=1S/C24H25Ge/c1-14-10-16(3)22(17(4)11-14)20-8-7-9-21(24(20)25)23-18(5)12-15(2)13-19(23)6/h7-13H,1-6H3. The van der Waals surface area contributed by atoms with Crippen molar-refractivity contribution in [2.45, 2.75) is 41.5 Å². The van der Waals surface area contributed by atoms with Crippen LogP contribution >= 0.6 is 0 Å². The molecule has 25 heavy (non-hydrogen) atoms. The second-order valence-electron chi connectivity index (χ2n) is 7.28. The van der Waals surface area contributed by atoms with Gasteiger partial charge in [-0.15, -0.1) is 0 Å². The Morgan fingerprint density at radius 2 is 0.880 bits per heavy atom. The first-order valence-electron chi connectivity index (χ1n) is 8.80. The molecule has 0 aliphatic rings. The third-order valence-electron chi connectivity index (χ3n) is 4.96. The Morgan fingerprint density at radius 1 is 0.560 bits per heavy atom. The van der Waals surface area contributed by atoms with Gasteiger partial charge < -0.3 is 0 Å². The van der Waals surface area contributed by atoms with Gasteiger partial charge in [0.25, 0.3) is 0 Å². The molecule has 3 aromatic rings. The van der Waals surface area contributed by atoms with Crippen molar-refractivity contribution in [3.8, 4) is 22.3 Å². The molecule has 0 spiro atoms. The first-order chi connectivity index (χ1) is 11.8. The van der Waals surface area contributed by atoms with Gasteiger partial charge in [0.15, 0.2) is 0 Å². The molecule has 0 nitrogen and oxygen atoms in total. The molecule has 0 heterocycles. The minimum absolute atomic E-state index is 1.33. The van der Waals surface area contributed by atoms with Crippen molar-refractivity contribution in [1.29, 1.82) is 0 Å². The summed E-state index contributed by atoms with van der Waals surface area (Å²) in [6.07, 6.45) is 0. The molecular formula is C24H25Ge. The summed E-state index contributed by atoms with van der Waals surface area (Å²) in [4.78, 5) is 0. The zero-order chi connectivity index (χ0) is 18.3. The topological polar surface area (TPSA) is 0 Å². The molecular weight excluding hydrogens is 361 g/mol. The van der Waals surface area contributed by atoms with Crippen molar-refractivity contribution < 1.29 is 0 Å². The Morgan fingerprint density at radius 3 is 1.20 bits per heavy atom. The second-order valence-corrected chi connectivity index (χ2v) is 8.32. The third-order valence-corrected chi connectivity index (χ3v) is 6.09. The van der Waals surface area contributed by atoms with E-state index in [9.17, 15) is 0 Å². The van der Waals surface area contributed by atoms with E-state index in [4.69, 9.17) is 0 Å². The van der Waals surface area contributed by atoms with Gasteiger partial charge in [-0.1, -0.05) is 0 Å². The average Bonchev–Trinajstić information content (AvgIpc) is 2.48. The van der Waals surface area contributed by atoms with Crippen LogP contribution in [0.15, 0.2) is 42.5 Å². The molecule has 1 heteroatoms. The summed E-state index contributed by atoms with van der Waals surface area (Å²) in [6.45, 7) is 13.2. The molecule has 0 aliphatic heterocycles. The zero-order valence-electron chi connectivity index (χ0n) is 16.0. The molecule has 0 aliphatic carbocycles. The summed E-state index contributed by atoms with van der Waals surface area (Å²) in [5.74, 6) is 0. The molecule has 0 aromatic heterocycles. The van der Waals surface area contributed by atoms with Crippen LogP contribution in [0.1, 0.15) is 33.4 Å². The first kappa shape index (κ1) is 18.0. The van der Waals surface area contributed by atoms with Gasteiger partial charge in [0.2, 0.25) is 0 Å². The third kappa shape index (κ3) is 3.33. The van der Waals surface area contributed by atoms with E-state index in [0.717, 1.165) is 0 Å². The molecule has 3 radical (unpaired) electrons. The zero-order valence-corrected chi connectivity index (χ0v) is 18.1. The molecule has 0 unspecified atom stereocenters. The first-order valence-corrected chi connectivity index (χ1v) is 9.85. The van der Waals surface area contributed by atoms with E-state index in [2.05, 4.69) is 101 Å². The summed E-state index contributed by atoms with van der Waals surface area (Å²) in [7, 11) is 0. The van der Waals surface area contributed by atoms with Gasteiger partial charge in [-0.2, -0.15) is 0 Å². The van der Waals surface area contributed by atoms with Crippen LogP contribution in [-0.2, 0) is 0 Å². The fraction of sp³-hybridized carbons (Fsp3) is 0.250. The molecule has 125 valence electrons. The van der Waals surface area contributed by atoms with E-state index < -0.39 is 0 Å². The van der Waals surface area contributed by atoms with Gasteiger partial charge in [-0.05, 0) is 0 Å². The fourth-order valence-electron chi connectivity index (χ4n) is 4.18. The maximum atomic E-state index is 2.29. The minimum atomic E-state index is 1.33. The number of benzene rings is 3. The van der Waals surface area contributed by atoms with E-state index in [1.165, 1.54) is 60.0 Å². The molecule has 0 atom stereocenters. The average molecular weight is 386 g/mol. The SMILES string of the molecule is Cc1cc(C)c(-c2cccc(-c3c(C)cc(C)cc3C)[c]2[Ge])c(C)c1. The van der Waals surface area contributed by atoms with Crippen LogP contribution < -0.4 is 4.40 Å². The van der Waals surface area contributed by atoms with Gasteiger partial charge >= 0.3 is 161 Å². The number of hydrogen-bond donors (Lipinski definition) is 0. The fourth-order valence-corrected chi connectivity index (χ4v) is 5.05. The van der Waals surface area contributed by atoms with Crippen molar-refractivity contribution in [2.24, 2.45) is 0 Å². The van der Waals surface area contributed by atoms with Crippen molar-refractivity contribution >= 4 is 20.9 Å². The van der Waals surface area contributed by atoms with Crippen LogP contribution in [0.25, 0.3) is 22.3 Å². The van der Waals surface area contributed by atoms with Crippen LogP contribution in [0, 0.1) is 41.5 Å². The molecule has 3 aromatic carbocycles. The summed E-state index contributed by atoms with van der Waals surface area (Å²) in [5.41, 5.74) is 13.6. The van der Waals surface area contributed by atoms with E-state index in [1.54, 1.807) is 0 Å². The Balaban J connectivity index is 2.28. The number of aryl methyl sites for hydroxylation is 6. The van der Waals surface area contributed by atoms with Crippen molar-refractivity contribution in [1.82, 2.24) is 0 Å². The monoisotopic (exact) mass is 387 g/mol. The quantitative estimate of drug-likeness (QED) is 0.499. The number of rotatable bonds is 2. The van der Waals surface area contributed by atoms with Crippen LogP contribution in [0.5, 0.6) is 0 Å². The van der Waals surface area contributed by atoms with Gasteiger partial charge in [0.1, 0.15) is 0 Å². The van der Waals surface area contributed by atoms with Gasteiger partial charge in [0.05, 0.1) is 0 Å². The number of hydrogen-bond acceptors (Lipinski definition) is 0. The predicted molar refractivity (Wildman–Crippen MR) is 111 cm³/mol. The second kappa shape index (κ2) is 6.84. The van der Waals surface area contributed by atoms with E-state index in [0.29, 0.717) is 0 Å². The predicted octanol–water partition coefficient (Wildman–Crippen LogP) is 5.66. The normalized spacial score (nSPS) is 11.0. The Kier molecular flexibility index (Phi) is 4.93. The van der Waals surface area contributed by atoms with Crippen LogP contribution in [0.3, 0.4) is 0 Å². The van der Waals surface area contributed by atoms with Crippen molar-refractivity contribution in [3.05, 3.63) is 75.8 Å². The van der Waals surface area contributed by atoms with Crippen LogP contribution in [-0.4, -0.2) is 16.5 Å². The molecule has 0 saturated heterocycles. The maximum absolute atomic E-state index is 2.29. The van der Waals surface area contributed by atoms with Crippen molar-refractivity contribution in [2.75, 3.05) is 0 Å². The van der Waals surface area contributed by atoms with Crippen molar-refractivity contribution in [3.63, 3.8) is 0 Å². The molecule has 3 rings (SSSR count). The van der Waals surface area contributed by atoms with Crippen LogP contribution in [0.2, 0.25) is 0 Å². The van der Waals surface area contributed by atoms with E-state index in [-0.39, 0.29) is 0 Å². The molecule has 0 N–H and O–H groups in total. The summed E-state index contributed by atoms with van der Waals surface area (Å²) in [6, 6.07) is 15.9. The van der Waals surface area contributed by atoms with Gasteiger partial charge in [-0.3, -0.25) is 0 Å². The van der Waals surface area contributed by atoms with E-state index in [1.807, 2.05) is 0 Å².